The van der Waals surface area contributed by atoms with Crippen LogP contribution >= 0.6 is 0 Å². The maximum Gasteiger partial charge on any atom is 0.321 e. The molecule has 206 valence electrons. The van der Waals surface area contributed by atoms with Crippen LogP contribution < -0.4 is 10.6 Å². The van der Waals surface area contributed by atoms with E-state index < -0.39 is 17.1 Å². The van der Waals surface area contributed by atoms with Crippen LogP contribution in [0.5, 0.6) is 0 Å². The average molecular weight is 554 g/mol. The monoisotopic (exact) mass is 553 g/mol. The van der Waals surface area contributed by atoms with Crippen molar-refractivity contribution in [3.8, 4) is 11.3 Å². The summed E-state index contributed by atoms with van der Waals surface area (Å²) in [7, 11) is 0. The summed E-state index contributed by atoms with van der Waals surface area (Å²) < 4.78 is 12.1. The van der Waals surface area contributed by atoms with Crippen molar-refractivity contribution in [2.75, 3.05) is 16.9 Å². The van der Waals surface area contributed by atoms with Crippen LogP contribution in [0.15, 0.2) is 113 Å². The number of nitrogens with zero attached hydrogens (tertiary/aromatic N) is 2. The summed E-state index contributed by atoms with van der Waals surface area (Å²) in [4.78, 5) is 25.2. The number of aromatic amines is 1. The Hall–Kier alpha value is -4.40. The topological polar surface area (TPSA) is 105 Å². The molecular formula is C32H35N5O2S. The minimum Gasteiger partial charge on any atom is -0.609 e. The van der Waals surface area contributed by atoms with Crippen molar-refractivity contribution in [3.05, 3.63) is 120 Å². The highest BCUT2D eigenvalue weighted by molar-refractivity contribution is 7.90. The van der Waals surface area contributed by atoms with E-state index in [0.717, 1.165) is 33.5 Å². The van der Waals surface area contributed by atoms with Gasteiger partial charge in [0.2, 0.25) is 0 Å². The van der Waals surface area contributed by atoms with Gasteiger partial charge in [-0.15, -0.1) is 0 Å². The summed E-state index contributed by atoms with van der Waals surface area (Å²) in [6, 6.07) is 13.3. The van der Waals surface area contributed by atoms with Crippen LogP contribution in [-0.4, -0.2) is 32.5 Å². The van der Waals surface area contributed by atoms with Crippen LogP contribution in [0.2, 0.25) is 0 Å². The third-order valence-electron chi connectivity index (χ3n) is 5.96. The second-order valence-electron chi connectivity index (χ2n) is 9.09. The number of nitrogens with one attached hydrogen (secondary N) is 3. The van der Waals surface area contributed by atoms with Crippen molar-refractivity contribution in [2.24, 2.45) is 4.99 Å². The first-order valence-corrected chi connectivity index (χ1v) is 14.2. The van der Waals surface area contributed by atoms with E-state index in [1.807, 2.05) is 94.5 Å². The number of rotatable bonds is 10. The molecule has 0 aliphatic rings. The molecule has 7 nitrogen and oxygen atoms in total. The number of carbonyl (C=O) groups excluding carboxylic acids is 1. The summed E-state index contributed by atoms with van der Waals surface area (Å²) in [5.74, 6) is 0.263. The maximum absolute atomic E-state index is 13.3. The Kier molecular flexibility index (Phi) is 10.6. The fraction of sp³-hybridized carbons (Fsp3) is 0.156. The van der Waals surface area contributed by atoms with Crippen LogP contribution in [-0.2, 0) is 11.2 Å². The Morgan fingerprint density at radius 3 is 2.50 bits per heavy atom. The number of aromatic nitrogens is 2. The van der Waals surface area contributed by atoms with E-state index in [1.165, 1.54) is 6.26 Å². The van der Waals surface area contributed by atoms with E-state index in [-0.39, 0.29) is 10.9 Å². The van der Waals surface area contributed by atoms with Crippen molar-refractivity contribution in [1.29, 1.82) is 0 Å². The summed E-state index contributed by atoms with van der Waals surface area (Å²) in [5.41, 5.74) is 6.75. The second kappa shape index (κ2) is 14.1. The molecule has 1 heterocycles. The van der Waals surface area contributed by atoms with Crippen molar-refractivity contribution < 1.29 is 9.35 Å². The number of aryl methyl sites for hydroxylation is 2. The van der Waals surface area contributed by atoms with Gasteiger partial charge in [-0.25, -0.2) is 4.99 Å². The highest BCUT2D eigenvalue weighted by Gasteiger charge is 2.23. The third kappa shape index (κ3) is 8.05. The Bertz CT molecular complexity index is 1510. The summed E-state index contributed by atoms with van der Waals surface area (Å²) in [6.07, 6.45) is 12.5. The highest BCUT2D eigenvalue weighted by atomic mass is 32.2. The van der Waals surface area contributed by atoms with Crippen LogP contribution in [0.3, 0.4) is 0 Å². The first kappa shape index (κ1) is 30.1. The lowest BCUT2D eigenvalue weighted by Gasteiger charge is -2.12. The number of allylic oxidation sites excluding steroid dienone is 7. The van der Waals surface area contributed by atoms with Crippen molar-refractivity contribution in [3.63, 3.8) is 0 Å². The standard InChI is InChI=1S/C32H35N5O2S/c1-8-10-11-25(9-2)22(4)18-19-33-24(6)34-28-20-27(17-14-23(28)5)35-31(38)30-29(36-32(37-30)40(7)39)26-15-12-21(3)13-16-26/h8-20H,1,4H2,2-3,5-7H3,(H,33,34)(H,35,38)(H,36,37)/b11-10-,19-18-,25-9+. The zero-order valence-electron chi connectivity index (χ0n) is 23.5. The minimum absolute atomic E-state index is 0.177. The molecule has 2 aromatic carbocycles. The van der Waals surface area contributed by atoms with Crippen molar-refractivity contribution in [1.82, 2.24) is 9.97 Å². The Balaban J connectivity index is 1.78. The zero-order valence-corrected chi connectivity index (χ0v) is 24.4. The first-order chi connectivity index (χ1) is 19.1. The molecule has 0 fully saturated rings. The Morgan fingerprint density at radius 1 is 1.12 bits per heavy atom. The molecule has 0 aliphatic carbocycles. The molecule has 0 saturated carbocycles. The smallest absolute Gasteiger partial charge is 0.321 e. The van der Waals surface area contributed by atoms with Crippen LogP contribution in [0.4, 0.5) is 11.4 Å². The third-order valence-corrected chi connectivity index (χ3v) is 6.70. The van der Waals surface area contributed by atoms with Gasteiger partial charge in [0.1, 0.15) is 12.1 Å². The molecule has 3 N–H and O–H groups in total. The van der Waals surface area contributed by atoms with Gasteiger partial charge in [0, 0.05) is 34.3 Å². The van der Waals surface area contributed by atoms with Crippen LogP contribution in [0, 0.1) is 13.8 Å². The SMILES string of the molecule is C=C/C=C\C(=C/C)C(=C)/C=C\N=C(/C)Nc1cc(NC(=O)c2nc([S+](C)[O-])[nH]c2-c2ccc(C)cc2)ccc1C. The molecule has 0 aliphatic heterocycles. The van der Waals surface area contributed by atoms with Gasteiger partial charge in [0.25, 0.3) is 5.91 Å². The highest BCUT2D eigenvalue weighted by Crippen LogP contribution is 2.26. The number of imidazole rings is 1. The normalized spacial score (nSPS) is 13.1. The van der Waals surface area contributed by atoms with Crippen molar-refractivity contribution >= 4 is 34.3 Å². The number of amides is 1. The quantitative estimate of drug-likeness (QED) is 0.106. The predicted molar refractivity (Wildman–Crippen MR) is 168 cm³/mol. The summed E-state index contributed by atoms with van der Waals surface area (Å²) in [5, 5.41) is 6.45. The fourth-order valence-corrected chi connectivity index (χ4v) is 4.19. The second-order valence-corrected chi connectivity index (χ2v) is 10.4. The molecule has 1 amide bonds. The number of anilines is 2. The molecule has 0 bridgehead atoms. The number of H-pyrrole nitrogens is 1. The van der Waals surface area contributed by atoms with Gasteiger partial charge in [-0.05, 0) is 62.6 Å². The van der Waals surface area contributed by atoms with Gasteiger partial charge in [0.15, 0.2) is 5.69 Å². The summed E-state index contributed by atoms with van der Waals surface area (Å²) >= 11 is -1.38. The number of benzene rings is 2. The molecule has 1 atom stereocenters. The number of hydrogen-bond acceptors (Lipinski definition) is 4. The Morgan fingerprint density at radius 2 is 1.85 bits per heavy atom. The fourth-order valence-electron chi connectivity index (χ4n) is 3.73. The molecule has 1 unspecified atom stereocenters. The van der Waals surface area contributed by atoms with E-state index in [4.69, 9.17) is 0 Å². The van der Waals surface area contributed by atoms with Crippen LogP contribution in [0.1, 0.15) is 35.5 Å². The van der Waals surface area contributed by atoms with E-state index in [2.05, 4.69) is 38.8 Å². The molecule has 0 radical (unpaired) electrons. The summed E-state index contributed by atoms with van der Waals surface area (Å²) in [6.45, 7) is 15.5. The molecule has 0 spiro atoms. The molecule has 40 heavy (non-hydrogen) atoms. The largest absolute Gasteiger partial charge is 0.609 e. The van der Waals surface area contributed by atoms with E-state index in [0.29, 0.717) is 17.2 Å². The molecule has 0 saturated heterocycles. The lowest BCUT2D eigenvalue weighted by atomic mass is 10.1. The molecular weight excluding hydrogens is 518 g/mol. The predicted octanol–water partition coefficient (Wildman–Crippen LogP) is 7.27. The number of carbonyl (C=O) groups is 1. The minimum atomic E-state index is -1.38. The molecule has 3 rings (SSSR count). The van der Waals surface area contributed by atoms with E-state index in [1.54, 1.807) is 12.3 Å². The van der Waals surface area contributed by atoms with E-state index in [9.17, 15) is 9.35 Å². The van der Waals surface area contributed by atoms with E-state index >= 15 is 0 Å². The zero-order chi connectivity index (χ0) is 29.2. The molecule has 1 aromatic heterocycles. The van der Waals surface area contributed by atoms with Gasteiger partial charge in [-0.3, -0.25) is 9.78 Å². The number of amidine groups is 1. The van der Waals surface area contributed by atoms with Gasteiger partial charge in [-0.2, -0.15) is 4.98 Å². The lowest BCUT2D eigenvalue weighted by molar-refractivity contribution is 0.102. The van der Waals surface area contributed by atoms with Gasteiger partial charge < -0.3 is 15.2 Å². The Labute approximate surface area is 239 Å². The lowest BCUT2D eigenvalue weighted by Crippen LogP contribution is -2.15. The first-order valence-electron chi connectivity index (χ1n) is 12.7. The maximum atomic E-state index is 13.3. The van der Waals surface area contributed by atoms with Gasteiger partial charge >= 0.3 is 5.16 Å². The van der Waals surface area contributed by atoms with Crippen molar-refractivity contribution in [2.45, 2.75) is 32.9 Å². The number of hydrogen-bond donors (Lipinski definition) is 3. The van der Waals surface area contributed by atoms with Gasteiger partial charge in [0.05, 0.1) is 5.69 Å². The number of aliphatic imine (C=N–C) groups is 1. The average Bonchev–Trinajstić information content (AvgIpc) is 3.38. The van der Waals surface area contributed by atoms with Crippen LogP contribution in [0.25, 0.3) is 11.3 Å². The molecule has 8 heteroatoms. The molecule has 3 aromatic rings. The van der Waals surface area contributed by atoms with Gasteiger partial charge in [-0.1, -0.05) is 73.4 Å².